The lowest BCUT2D eigenvalue weighted by molar-refractivity contribution is 0.312. The lowest BCUT2D eigenvalue weighted by atomic mass is 9.83. The van der Waals surface area contributed by atoms with Crippen LogP contribution in [0.1, 0.15) is 90.2 Å². The Morgan fingerprint density at radius 2 is 1.36 bits per heavy atom. The highest BCUT2D eigenvalue weighted by molar-refractivity contribution is 5.23. The maximum Gasteiger partial charge on any atom is -0.0190 e. The smallest absolute Gasteiger partial charge is 0.0190 e. The highest BCUT2D eigenvalue weighted by Crippen LogP contribution is 2.28. The van der Waals surface area contributed by atoms with Crippen molar-refractivity contribution >= 4 is 0 Å². The minimum absolute atomic E-state index is 0.690. The van der Waals surface area contributed by atoms with Crippen LogP contribution in [0.5, 0.6) is 0 Å². The first kappa shape index (κ1) is 19.3. The first-order valence-electron chi connectivity index (χ1n) is 9.50. The van der Waals surface area contributed by atoms with Gasteiger partial charge in [0.25, 0.3) is 0 Å². The first-order valence-corrected chi connectivity index (χ1v) is 9.50. The van der Waals surface area contributed by atoms with Gasteiger partial charge in [0.2, 0.25) is 0 Å². The molecular weight excluding hydrogens is 264 g/mol. The molecule has 22 heavy (non-hydrogen) atoms. The van der Waals surface area contributed by atoms with E-state index in [1.165, 1.54) is 49.7 Å². The number of aryl methyl sites for hydroxylation is 1. The quantitative estimate of drug-likeness (QED) is 0.423. The number of benzene rings is 1. The average molecular weight is 303 g/mol. The minimum atomic E-state index is 0.690. The summed E-state index contributed by atoms with van der Waals surface area (Å²) in [5.74, 6) is 3.32. The summed E-state index contributed by atoms with van der Waals surface area (Å²) in [6, 6.07) is 9.10. The summed E-state index contributed by atoms with van der Waals surface area (Å²) >= 11 is 0. The summed E-state index contributed by atoms with van der Waals surface area (Å²) < 4.78 is 0. The molecule has 0 aliphatic rings. The summed E-state index contributed by atoms with van der Waals surface area (Å²) in [6.45, 7) is 14.1. The van der Waals surface area contributed by atoms with E-state index in [-0.39, 0.29) is 0 Å². The Bertz CT molecular complexity index is 389. The molecule has 0 aromatic heterocycles. The Hall–Kier alpha value is -0.780. The molecule has 0 saturated heterocycles. The number of hydrogen-bond donors (Lipinski definition) is 0. The molecule has 0 N–H and O–H groups in total. The van der Waals surface area contributed by atoms with Crippen LogP contribution < -0.4 is 0 Å². The van der Waals surface area contributed by atoms with Crippen LogP contribution in [0.4, 0.5) is 0 Å². The fourth-order valence-electron chi connectivity index (χ4n) is 3.14. The molecule has 0 saturated carbocycles. The molecule has 0 spiro atoms. The van der Waals surface area contributed by atoms with Gasteiger partial charge in [0.1, 0.15) is 0 Å². The zero-order valence-corrected chi connectivity index (χ0v) is 15.9. The predicted molar refractivity (Wildman–Crippen MR) is 100 cm³/mol. The molecule has 4 unspecified atom stereocenters. The van der Waals surface area contributed by atoms with Gasteiger partial charge < -0.3 is 0 Å². The van der Waals surface area contributed by atoms with Crippen LogP contribution in [0.3, 0.4) is 0 Å². The van der Waals surface area contributed by atoms with Gasteiger partial charge in [-0.3, -0.25) is 0 Å². The monoisotopic (exact) mass is 302 g/mol. The van der Waals surface area contributed by atoms with Gasteiger partial charge in [-0.2, -0.15) is 0 Å². The second-order valence-electron chi connectivity index (χ2n) is 7.79. The molecule has 1 aromatic carbocycles. The highest BCUT2D eigenvalue weighted by Gasteiger charge is 2.14. The van der Waals surface area contributed by atoms with Gasteiger partial charge in [-0.25, -0.2) is 0 Å². The van der Waals surface area contributed by atoms with Crippen LogP contribution in [0.15, 0.2) is 24.3 Å². The van der Waals surface area contributed by atoms with Crippen molar-refractivity contribution in [3.05, 3.63) is 35.4 Å². The van der Waals surface area contributed by atoms with Crippen molar-refractivity contribution < 1.29 is 0 Å². The molecule has 0 radical (unpaired) electrons. The van der Waals surface area contributed by atoms with Gasteiger partial charge >= 0.3 is 0 Å². The van der Waals surface area contributed by atoms with Crippen molar-refractivity contribution in [2.45, 2.75) is 86.0 Å². The van der Waals surface area contributed by atoms with Crippen LogP contribution in [0.25, 0.3) is 0 Å². The molecule has 0 amide bonds. The fourth-order valence-corrected chi connectivity index (χ4v) is 3.14. The van der Waals surface area contributed by atoms with Crippen molar-refractivity contribution in [1.82, 2.24) is 0 Å². The number of rotatable bonds is 10. The van der Waals surface area contributed by atoms with Crippen LogP contribution in [0, 0.1) is 24.7 Å². The lowest BCUT2D eigenvalue weighted by Crippen LogP contribution is -2.10. The molecule has 0 heterocycles. The minimum Gasteiger partial charge on any atom is -0.0651 e. The summed E-state index contributed by atoms with van der Waals surface area (Å²) in [6.07, 6.45) is 8.24. The molecule has 1 rings (SSSR count). The molecule has 0 heteroatoms. The van der Waals surface area contributed by atoms with Crippen molar-refractivity contribution in [3.63, 3.8) is 0 Å². The third kappa shape index (κ3) is 6.99. The van der Waals surface area contributed by atoms with Crippen LogP contribution in [0.2, 0.25) is 0 Å². The molecule has 0 nitrogen and oxygen atoms in total. The van der Waals surface area contributed by atoms with E-state index in [2.05, 4.69) is 65.8 Å². The van der Waals surface area contributed by atoms with Crippen molar-refractivity contribution in [3.8, 4) is 0 Å². The molecule has 1 aromatic rings. The Kier molecular flexibility index (Phi) is 8.83. The Morgan fingerprint density at radius 1 is 0.773 bits per heavy atom. The summed E-state index contributed by atoms with van der Waals surface area (Å²) in [5, 5.41) is 0. The fraction of sp³-hybridized carbons (Fsp3) is 0.727. The van der Waals surface area contributed by atoms with Crippen molar-refractivity contribution in [1.29, 1.82) is 0 Å². The summed E-state index contributed by atoms with van der Waals surface area (Å²) in [7, 11) is 0. The molecule has 0 bridgehead atoms. The van der Waals surface area contributed by atoms with E-state index in [0.29, 0.717) is 5.92 Å². The third-order valence-electron chi connectivity index (χ3n) is 5.73. The second kappa shape index (κ2) is 10.1. The Balaban J connectivity index is 2.29. The standard InChI is InChI=1S/C22H38/c1-7-17(2)9-8-10-19(4)20(5)13-14-21(6)22-15-11-18(3)12-16-22/h11-12,15-17,19-21H,7-10,13-14H2,1-6H3. The maximum atomic E-state index is 2.46. The van der Waals surface area contributed by atoms with Gasteiger partial charge in [0.15, 0.2) is 0 Å². The zero-order chi connectivity index (χ0) is 16.5. The lowest BCUT2D eigenvalue weighted by Gasteiger charge is -2.22. The van der Waals surface area contributed by atoms with E-state index in [4.69, 9.17) is 0 Å². The first-order chi connectivity index (χ1) is 10.4. The zero-order valence-electron chi connectivity index (χ0n) is 15.9. The van der Waals surface area contributed by atoms with Crippen LogP contribution >= 0.6 is 0 Å². The van der Waals surface area contributed by atoms with Gasteiger partial charge in [-0.05, 0) is 49.0 Å². The topological polar surface area (TPSA) is 0 Å². The third-order valence-corrected chi connectivity index (χ3v) is 5.73. The summed E-state index contributed by atoms with van der Waals surface area (Å²) in [5.41, 5.74) is 2.86. The normalized spacial score (nSPS) is 17.0. The van der Waals surface area contributed by atoms with Gasteiger partial charge in [0.05, 0.1) is 0 Å². The summed E-state index contributed by atoms with van der Waals surface area (Å²) in [4.78, 5) is 0. The molecule has 4 atom stereocenters. The molecular formula is C22H38. The van der Waals surface area contributed by atoms with Crippen LogP contribution in [-0.4, -0.2) is 0 Å². The van der Waals surface area contributed by atoms with Gasteiger partial charge in [-0.15, -0.1) is 0 Å². The van der Waals surface area contributed by atoms with Crippen LogP contribution in [-0.2, 0) is 0 Å². The van der Waals surface area contributed by atoms with Crippen molar-refractivity contribution in [2.24, 2.45) is 17.8 Å². The molecule has 126 valence electrons. The predicted octanol–water partition coefficient (Wildman–Crippen LogP) is 7.37. The van der Waals surface area contributed by atoms with E-state index in [0.717, 1.165) is 17.8 Å². The highest BCUT2D eigenvalue weighted by atomic mass is 14.2. The molecule has 0 fully saturated rings. The van der Waals surface area contributed by atoms with Gasteiger partial charge in [-0.1, -0.05) is 90.1 Å². The molecule has 0 aliphatic heterocycles. The largest absolute Gasteiger partial charge is 0.0651 e. The van der Waals surface area contributed by atoms with Gasteiger partial charge in [0, 0.05) is 0 Å². The molecule has 0 aliphatic carbocycles. The Morgan fingerprint density at radius 3 is 1.95 bits per heavy atom. The van der Waals surface area contributed by atoms with E-state index in [1.807, 2.05) is 0 Å². The maximum absolute atomic E-state index is 2.46. The van der Waals surface area contributed by atoms with Crippen molar-refractivity contribution in [2.75, 3.05) is 0 Å². The average Bonchev–Trinajstić information content (AvgIpc) is 2.52. The second-order valence-corrected chi connectivity index (χ2v) is 7.79. The van der Waals surface area contributed by atoms with E-state index in [9.17, 15) is 0 Å². The van der Waals surface area contributed by atoms with E-state index in [1.54, 1.807) is 0 Å². The van der Waals surface area contributed by atoms with E-state index < -0.39 is 0 Å². The Labute approximate surface area is 139 Å². The number of hydrogen-bond acceptors (Lipinski definition) is 0. The SMILES string of the molecule is CCC(C)CCCC(C)C(C)CCC(C)c1ccc(C)cc1. The van der Waals surface area contributed by atoms with E-state index >= 15 is 0 Å².